The number of nitrogens with zero attached hydrogens (tertiary/aromatic N) is 3. The summed E-state index contributed by atoms with van der Waals surface area (Å²) in [5.74, 6) is 0.506. The molecule has 2 aromatic carbocycles. The van der Waals surface area contributed by atoms with Crippen molar-refractivity contribution in [3.63, 3.8) is 0 Å². The van der Waals surface area contributed by atoms with Gasteiger partial charge in [0.05, 0.1) is 5.39 Å². The summed E-state index contributed by atoms with van der Waals surface area (Å²) in [4.78, 5) is 0. The zero-order chi connectivity index (χ0) is 16.7. The summed E-state index contributed by atoms with van der Waals surface area (Å²) >= 11 is 0. The molecule has 0 aliphatic carbocycles. The number of nitrogens with two attached hydrogens (primary N) is 1. The number of aromatic amines is 1. The van der Waals surface area contributed by atoms with E-state index < -0.39 is 0 Å². The van der Waals surface area contributed by atoms with Crippen molar-refractivity contribution < 1.29 is 0 Å². The number of H-pyrrole nitrogens is 1. The van der Waals surface area contributed by atoms with Gasteiger partial charge in [0.2, 0.25) is 5.65 Å². The first-order valence-corrected chi connectivity index (χ1v) is 7.78. The van der Waals surface area contributed by atoms with Crippen molar-refractivity contribution >= 4 is 16.9 Å². The predicted octanol–water partition coefficient (Wildman–Crippen LogP) is 3.89. The van der Waals surface area contributed by atoms with Crippen molar-refractivity contribution in [2.24, 2.45) is 0 Å². The lowest BCUT2D eigenvalue weighted by molar-refractivity contribution is 1.03. The van der Waals surface area contributed by atoms with Gasteiger partial charge in [-0.2, -0.15) is 5.10 Å². The number of hydrogen-bond donors (Lipinski definition) is 2. The van der Waals surface area contributed by atoms with E-state index in [0.29, 0.717) is 11.5 Å². The van der Waals surface area contributed by atoms with Gasteiger partial charge in [-0.3, -0.25) is 5.10 Å². The number of rotatable bonds is 2. The highest BCUT2D eigenvalue weighted by atomic mass is 15.2. The first kappa shape index (κ1) is 14.4. The largest absolute Gasteiger partial charge is 0.383 e. The molecule has 4 rings (SSSR count). The van der Waals surface area contributed by atoms with Gasteiger partial charge in [0.25, 0.3) is 0 Å². The molecule has 4 aromatic rings. The Morgan fingerprint density at radius 3 is 2.42 bits per heavy atom. The maximum atomic E-state index is 6.15. The third-order valence-corrected chi connectivity index (χ3v) is 4.25. The summed E-state index contributed by atoms with van der Waals surface area (Å²) in [6.07, 6.45) is 0. The Labute approximate surface area is 139 Å². The molecule has 0 unspecified atom stereocenters. The van der Waals surface area contributed by atoms with Crippen molar-refractivity contribution in [1.82, 2.24) is 20.4 Å². The summed E-state index contributed by atoms with van der Waals surface area (Å²) in [6, 6.07) is 16.5. The molecule has 2 aromatic heterocycles. The molecule has 24 heavy (non-hydrogen) atoms. The van der Waals surface area contributed by atoms with E-state index in [-0.39, 0.29) is 0 Å². The van der Waals surface area contributed by atoms with Gasteiger partial charge in [-0.25, -0.2) is 0 Å². The van der Waals surface area contributed by atoms with Crippen molar-refractivity contribution in [3.05, 3.63) is 59.7 Å². The number of fused-ring (bicyclic) bond motifs is 1. The molecular formula is C19H17N5. The molecule has 0 amide bonds. The Hall–Kier alpha value is -3.21. The molecule has 0 saturated carbocycles. The maximum absolute atomic E-state index is 6.15. The minimum absolute atomic E-state index is 0.506. The van der Waals surface area contributed by atoms with Gasteiger partial charge in [-0.1, -0.05) is 54.1 Å². The molecule has 5 nitrogen and oxygen atoms in total. The Morgan fingerprint density at radius 1 is 0.917 bits per heavy atom. The van der Waals surface area contributed by atoms with Crippen LogP contribution in [0, 0.1) is 13.8 Å². The zero-order valence-electron chi connectivity index (χ0n) is 13.5. The highest BCUT2D eigenvalue weighted by Crippen LogP contribution is 2.38. The second kappa shape index (κ2) is 5.45. The van der Waals surface area contributed by atoms with Gasteiger partial charge in [0, 0.05) is 11.1 Å². The van der Waals surface area contributed by atoms with Gasteiger partial charge >= 0.3 is 0 Å². The molecule has 0 radical (unpaired) electrons. The van der Waals surface area contributed by atoms with Crippen molar-refractivity contribution in [3.8, 4) is 22.4 Å². The monoisotopic (exact) mass is 315 g/mol. The van der Waals surface area contributed by atoms with Crippen LogP contribution in [0.25, 0.3) is 33.4 Å². The van der Waals surface area contributed by atoms with E-state index in [1.54, 1.807) is 0 Å². The molecule has 0 fully saturated rings. The number of aromatic nitrogens is 4. The minimum atomic E-state index is 0.506. The molecule has 0 aliphatic heterocycles. The standard InChI is InChI=1S/C19H17N5/c1-11-7-9-13(10-8-11)17-15(14-6-4-3-5-12(14)2)16-18(20)22-24-19(16)23-21-17/h3-10H,1-2H3,(H3,20,22,23,24). The summed E-state index contributed by atoms with van der Waals surface area (Å²) < 4.78 is 0. The molecule has 0 saturated heterocycles. The fraction of sp³-hybridized carbons (Fsp3) is 0.105. The number of anilines is 1. The van der Waals surface area contributed by atoms with Crippen molar-refractivity contribution in [2.75, 3.05) is 5.73 Å². The van der Waals surface area contributed by atoms with E-state index in [0.717, 1.165) is 33.3 Å². The van der Waals surface area contributed by atoms with E-state index >= 15 is 0 Å². The topological polar surface area (TPSA) is 80.5 Å². The zero-order valence-corrected chi connectivity index (χ0v) is 13.5. The van der Waals surface area contributed by atoms with E-state index in [2.05, 4.69) is 70.6 Å². The lowest BCUT2D eigenvalue weighted by atomic mass is 9.94. The quantitative estimate of drug-likeness (QED) is 0.588. The SMILES string of the molecule is Cc1ccc(-c2nnc3n[nH]c(N)c3c2-c2ccccc2C)cc1. The summed E-state index contributed by atoms with van der Waals surface area (Å²) in [6.45, 7) is 4.14. The Kier molecular flexibility index (Phi) is 3.27. The van der Waals surface area contributed by atoms with Crippen LogP contribution in [-0.4, -0.2) is 20.4 Å². The fourth-order valence-electron chi connectivity index (χ4n) is 2.96. The molecule has 2 heterocycles. The molecule has 0 atom stereocenters. The Morgan fingerprint density at radius 2 is 1.67 bits per heavy atom. The van der Waals surface area contributed by atoms with Crippen molar-refractivity contribution in [2.45, 2.75) is 13.8 Å². The Balaban J connectivity index is 2.11. The van der Waals surface area contributed by atoms with Crippen LogP contribution >= 0.6 is 0 Å². The minimum Gasteiger partial charge on any atom is -0.383 e. The van der Waals surface area contributed by atoms with Crippen LogP contribution in [0.2, 0.25) is 0 Å². The van der Waals surface area contributed by atoms with Crippen LogP contribution in [-0.2, 0) is 0 Å². The molecule has 0 spiro atoms. The first-order valence-electron chi connectivity index (χ1n) is 7.78. The van der Waals surface area contributed by atoms with E-state index in [4.69, 9.17) is 5.73 Å². The van der Waals surface area contributed by atoms with E-state index in [1.807, 2.05) is 12.1 Å². The number of nitrogens with one attached hydrogen (secondary N) is 1. The van der Waals surface area contributed by atoms with Crippen LogP contribution in [0.3, 0.4) is 0 Å². The van der Waals surface area contributed by atoms with Crippen LogP contribution in [0.1, 0.15) is 11.1 Å². The highest BCUT2D eigenvalue weighted by molar-refractivity contribution is 6.05. The van der Waals surface area contributed by atoms with E-state index in [9.17, 15) is 0 Å². The van der Waals surface area contributed by atoms with Crippen molar-refractivity contribution in [1.29, 1.82) is 0 Å². The average molecular weight is 315 g/mol. The number of nitrogen functional groups attached to an aromatic ring is 1. The molecule has 0 aliphatic rings. The Bertz CT molecular complexity index is 1030. The molecular weight excluding hydrogens is 298 g/mol. The maximum Gasteiger partial charge on any atom is 0.205 e. The second-order valence-corrected chi connectivity index (χ2v) is 5.94. The fourth-order valence-corrected chi connectivity index (χ4v) is 2.96. The average Bonchev–Trinajstić information content (AvgIpc) is 2.97. The molecule has 3 N–H and O–H groups in total. The van der Waals surface area contributed by atoms with Crippen LogP contribution in [0.4, 0.5) is 5.82 Å². The predicted molar refractivity (Wildman–Crippen MR) is 96.4 cm³/mol. The molecule has 5 heteroatoms. The second-order valence-electron chi connectivity index (χ2n) is 5.94. The normalized spacial score (nSPS) is 11.1. The van der Waals surface area contributed by atoms with Gasteiger partial charge < -0.3 is 5.73 Å². The molecule has 0 bridgehead atoms. The van der Waals surface area contributed by atoms with Gasteiger partial charge in [0.1, 0.15) is 11.5 Å². The van der Waals surface area contributed by atoms with Gasteiger partial charge in [-0.15, -0.1) is 10.2 Å². The molecule has 118 valence electrons. The summed E-state index contributed by atoms with van der Waals surface area (Å²) in [5, 5.41) is 16.5. The summed E-state index contributed by atoms with van der Waals surface area (Å²) in [5.41, 5.74) is 12.9. The highest BCUT2D eigenvalue weighted by Gasteiger charge is 2.19. The lowest BCUT2D eigenvalue weighted by Crippen LogP contribution is -1.97. The first-order chi connectivity index (χ1) is 11.6. The number of aryl methyl sites for hydroxylation is 2. The third kappa shape index (κ3) is 2.22. The third-order valence-electron chi connectivity index (χ3n) is 4.25. The number of benzene rings is 2. The lowest BCUT2D eigenvalue weighted by Gasteiger charge is -2.12. The van der Waals surface area contributed by atoms with Gasteiger partial charge in [0.15, 0.2) is 0 Å². The van der Waals surface area contributed by atoms with Gasteiger partial charge in [-0.05, 0) is 25.0 Å². The summed E-state index contributed by atoms with van der Waals surface area (Å²) in [7, 11) is 0. The van der Waals surface area contributed by atoms with Crippen LogP contribution in [0.5, 0.6) is 0 Å². The number of hydrogen-bond acceptors (Lipinski definition) is 4. The van der Waals surface area contributed by atoms with Crippen LogP contribution in [0.15, 0.2) is 48.5 Å². The van der Waals surface area contributed by atoms with Crippen LogP contribution < -0.4 is 5.73 Å². The van der Waals surface area contributed by atoms with E-state index in [1.165, 1.54) is 5.56 Å². The smallest absolute Gasteiger partial charge is 0.205 e.